The van der Waals surface area contributed by atoms with Crippen LogP contribution in [0, 0.1) is 0 Å². The number of carbonyl (C=O) groups is 1. The van der Waals surface area contributed by atoms with Crippen molar-refractivity contribution in [2.45, 2.75) is 20.0 Å². The van der Waals surface area contributed by atoms with Crippen molar-refractivity contribution in [3.63, 3.8) is 0 Å². The van der Waals surface area contributed by atoms with Crippen LogP contribution < -0.4 is 0 Å². The summed E-state index contributed by atoms with van der Waals surface area (Å²) in [7, 11) is 0. The Morgan fingerprint density at radius 2 is 2.07 bits per heavy atom. The molecule has 2 nitrogen and oxygen atoms in total. The Morgan fingerprint density at radius 1 is 1.36 bits per heavy atom. The van der Waals surface area contributed by atoms with Crippen LogP contribution in [0.3, 0.4) is 0 Å². The molecule has 1 aromatic carbocycles. The molecule has 0 aromatic heterocycles. The van der Waals surface area contributed by atoms with Crippen LogP contribution in [0.4, 0.5) is 0 Å². The van der Waals surface area contributed by atoms with Crippen LogP contribution >= 0.6 is 0 Å². The smallest absolute Gasteiger partial charge is 0.184 e. The molecule has 2 heteroatoms. The zero-order valence-electron chi connectivity index (χ0n) is 8.27. The van der Waals surface area contributed by atoms with E-state index in [4.69, 9.17) is 4.74 Å². The minimum Gasteiger partial charge on any atom is -0.486 e. The summed E-state index contributed by atoms with van der Waals surface area (Å²) in [5.41, 5.74) is 1.07. The van der Waals surface area contributed by atoms with Crippen molar-refractivity contribution >= 4 is 6.29 Å². The fourth-order valence-electron chi connectivity index (χ4n) is 1.08. The van der Waals surface area contributed by atoms with Gasteiger partial charge in [0.05, 0.1) is 0 Å². The zero-order valence-corrected chi connectivity index (χ0v) is 8.27. The first kappa shape index (κ1) is 10.5. The molecule has 0 saturated carbocycles. The molecule has 0 spiro atoms. The third-order valence-electron chi connectivity index (χ3n) is 1.77. The van der Waals surface area contributed by atoms with Gasteiger partial charge >= 0.3 is 0 Å². The number of allylic oxidation sites excluding steroid dienone is 2. The van der Waals surface area contributed by atoms with Crippen molar-refractivity contribution in [1.29, 1.82) is 0 Å². The second-order valence-corrected chi connectivity index (χ2v) is 2.91. The highest BCUT2D eigenvalue weighted by Crippen LogP contribution is 2.04. The largest absolute Gasteiger partial charge is 0.486 e. The van der Waals surface area contributed by atoms with Crippen molar-refractivity contribution in [2.24, 2.45) is 0 Å². The molecule has 14 heavy (non-hydrogen) atoms. The first-order chi connectivity index (χ1) is 6.86. The van der Waals surface area contributed by atoms with Crippen LogP contribution in [-0.2, 0) is 16.1 Å². The van der Waals surface area contributed by atoms with Gasteiger partial charge in [0, 0.05) is 0 Å². The molecule has 1 rings (SSSR count). The number of rotatable bonds is 5. The third kappa shape index (κ3) is 3.44. The lowest BCUT2D eigenvalue weighted by Crippen LogP contribution is -1.94. The van der Waals surface area contributed by atoms with Crippen molar-refractivity contribution < 1.29 is 9.53 Å². The van der Waals surface area contributed by atoms with Crippen LogP contribution in [0.15, 0.2) is 42.2 Å². The van der Waals surface area contributed by atoms with E-state index in [2.05, 4.69) is 0 Å². The summed E-state index contributed by atoms with van der Waals surface area (Å²) < 4.78 is 5.31. The van der Waals surface area contributed by atoms with E-state index >= 15 is 0 Å². The van der Waals surface area contributed by atoms with Crippen LogP contribution in [0.2, 0.25) is 0 Å². The molecule has 0 N–H and O–H groups in total. The van der Waals surface area contributed by atoms with E-state index in [1.807, 2.05) is 37.3 Å². The molecule has 0 atom stereocenters. The van der Waals surface area contributed by atoms with Gasteiger partial charge in [0.2, 0.25) is 0 Å². The van der Waals surface area contributed by atoms with Crippen molar-refractivity contribution in [1.82, 2.24) is 0 Å². The molecule has 0 heterocycles. The maximum absolute atomic E-state index is 10.5. The molecule has 0 unspecified atom stereocenters. The van der Waals surface area contributed by atoms with E-state index in [-0.39, 0.29) is 0 Å². The highest BCUT2D eigenvalue weighted by molar-refractivity contribution is 5.69. The maximum Gasteiger partial charge on any atom is 0.184 e. The Bertz CT molecular complexity index is 301. The summed E-state index contributed by atoms with van der Waals surface area (Å²) in [4.78, 5) is 10.5. The Kier molecular flexibility index (Phi) is 4.48. The summed E-state index contributed by atoms with van der Waals surface area (Å²) in [6.45, 7) is 2.42. The lowest BCUT2D eigenvalue weighted by molar-refractivity contribution is -0.108. The molecule has 0 aliphatic carbocycles. The number of ether oxygens (including phenoxy) is 1. The molecule has 0 aliphatic rings. The average Bonchev–Trinajstić information content (AvgIpc) is 2.25. The molecule has 0 aliphatic heterocycles. The third-order valence-corrected chi connectivity index (χ3v) is 1.77. The van der Waals surface area contributed by atoms with Crippen LogP contribution in [0.5, 0.6) is 0 Å². The minimum absolute atomic E-state index is 0.413. The van der Waals surface area contributed by atoms with Gasteiger partial charge < -0.3 is 4.74 Å². The van der Waals surface area contributed by atoms with Gasteiger partial charge in [-0.15, -0.1) is 0 Å². The second-order valence-electron chi connectivity index (χ2n) is 2.91. The molecule has 1 aromatic rings. The molecule has 0 saturated heterocycles. The number of hydrogen-bond acceptors (Lipinski definition) is 2. The van der Waals surface area contributed by atoms with Gasteiger partial charge in [0.15, 0.2) is 12.0 Å². The first-order valence-corrected chi connectivity index (χ1v) is 4.69. The molecular formula is C12H14O2. The lowest BCUT2D eigenvalue weighted by atomic mass is 10.2. The Balaban J connectivity index is 2.48. The summed E-state index contributed by atoms with van der Waals surface area (Å²) in [6, 6.07) is 9.78. The standard InChI is InChI=1S/C12H14O2/c1-2-6-12(9-13)14-10-11-7-4-3-5-8-11/h3-9H,2,10H2,1H3. The summed E-state index contributed by atoms with van der Waals surface area (Å²) in [6.07, 6.45) is 3.32. The highest BCUT2D eigenvalue weighted by atomic mass is 16.5. The Hall–Kier alpha value is -1.57. The van der Waals surface area contributed by atoms with E-state index in [1.54, 1.807) is 6.08 Å². The molecule has 74 valence electrons. The fraction of sp³-hybridized carbons (Fsp3) is 0.250. The van der Waals surface area contributed by atoms with E-state index in [0.717, 1.165) is 18.3 Å². The monoisotopic (exact) mass is 190 g/mol. The molecular weight excluding hydrogens is 176 g/mol. The lowest BCUT2D eigenvalue weighted by Gasteiger charge is -2.04. The van der Waals surface area contributed by atoms with E-state index in [1.165, 1.54) is 0 Å². The number of aldehydes is 1. The molecule has 0 bridgehead atoms. The summed E-state index contributed by atoms with van der Waals surface area (Å²) in [5, 5.41) is 0. The number of benzene rings is 1. The predicted molar refractivity (Wildman–Crippen MR) is 55.7 cm³/mol. The first-order valence-electron chi connectivity index (χ1n) is 4.69. The van der Waals surface area contributed by atoms with E-state index in [0.29, 0.717) is 12.4 Å². The molecule has 0 amide bonds. The SMILES string of the molecule is CCC=C(C=O)OCc1ccccc1. The Morgan fingerprint density at radius 3 is 2.64 bits per heavy atom. The van der Waals surface area contributed by atoms with Crippen LogP contribution in [-0.4, -0.2) is 6.29 Å². The zero-order chi connectivity index (χ0) is 10.2. The van der Waals surface area contributed by atoms with Crippen molar-refractivity contribution in [2.75, 3.05) is 0 Å². The quantitative estimate of drug-likeness (QED) is 0.405. The van der Waals surface area contributed by atoms with Crippen molar-refractivity contribution in [3.05, 3.63) is 47.7 Å². The average molecular weight is 190 g/mol. The van der Waals surface area contributed by atoms with Gasteiger partial charge in [-0.2, -0.15) is 0 Å². The maximum atomic E-state index is 10.5. The highest BCUT2D eigenvalue weighted by Gasteiger charge is 1.95. The van der Waals surface area contributed by atoms with Crippen molar-refractivity contribution in [3.8, 4) is 0 Å². The van der Waals surface area contributed by atoms with Crippen LogP contribution in [0.1, 0.15) is 18.9 Å². The minimum atomic E-state index is 0.413. The van der Waals surface area contributed by atoms with Gasteiger partial charge in [-0.1, -0.05) is 37.3 Å². The van der Waals surface area contributed by atoms with Gasteiger partial charge in [0.1, 0.15) is 6.61 Å². The van der Waals surface area contributed by atoms with Gasteiger partial charge in [-0.05, 0) is 18.1 Å². The topological polar surface area (TPSA) is 26.3 Å². The van der Waals surface area contributed by atoms with E-state index in [9.17, 15) is 4.79 Å². The molecule has 0 fully saturated rings. The summed E-state index contributed by atoms with van der Waals surface area (Å²) >= 11 is 0. The molecule has 0 radical (unpaired) electrons. The second kappa shape index (κ2) is 5.97. The van der Waals surface area contributed by atoms with Gasteiger partial charge in [0.25, 0.3) is 0 Å². The summed E-state index contributed by atoms with van der Waals surface area (Å²) in [5.74, 6) is 0.413. The number of carbonyl (C=O) groups excluding carboxylic acids is 1. The Labute approximate surface area is 84.2 Å². The van der Waals surface area contributed by atoms with E-state index < -0.39 is 0 Å². The van der Waals surface area contributed by atoms with Gasteiger partial charge in [-0.25, -0.2) is 0 Å². The fourth-order valence-corrected chi connectivity index (χ4v) is 1.08. The van der Waals surface area contributed by atoms with Crippen LogP contribution in [0.25, 0.3) is 0 Å². The van der Waals surface area contributed by atoms with Gasteiger partial charge in [-0.3, -0.25) is 4.79 Å². The normalized spacial score (nSPS) is 11.1. The predicted octanol–water partition coefficient (Wildman–Crippen LogP) is 2.70. The number of hydrogen-bond donors (Lipinski definition) is 0.